The number of nitrogens with one attached hydrogen (secondary N) is 9. The molecule has 9 aliphatic rings. The fourth-order valence-corrected chi connectivity index (χ4v) is 12.4. The van der Waals surface area contributed by atoms with Gasteiger partial charge in [-0.2, -0.15) is 13.8 Å². The van der Waals surface area contributed by atoms with E-state index < -0.39 is 0 Å². The number of hydrogen-bond acceptors (Lipinski definition) is 9. The minimum Gasteiger partial charge on any atom is -0.668 e. The number of carbonyl (C=O) groups is 1. The zero-order chi connectivity index (χ0) is 31.4. The SMILES string of the molecule is C[CH-]C.[Cu+2].[NH-]C(=O)C1CCCC2C3NC4NC(NC5NC(NC6NC(NC(N3)C12)C1CCCCC61)C1CCCCC51)C1CCCCC41. The summed E-state index contributed by atoms with van der Waals surface area (Å²) in [7, 11) is 0. The monoisotopic (exact) mass is 700 g/mol. The van der Waals surface area contributed by atoms with Gasteiger partial charge in [0, 0.05) is 11.8 Å². The van der Waals surface area contributed by atoms with Crippen molar-refractivity contribution in [3.63, 3.8) is 0 Å². The van der Waals surface area contributed by atoms with Crippen LogP contribution in [0.15, 0.2) is 0 Å². The zero-order valence-electron chi connectivity index (χ0n) is 28.7. The van der Waals surface area contributed by atoms with Crippen molar-refractivity contribution >= 4 is 5.91 Å². The van der Waals surface area contributed by atoms with E-state index in [1.807, 2.05) is 20.3 Å². The molecule has 8 bridgehead atoms. The van der Waals surface area contributed by atoms with Crippen LogP contribution in [0.2, 0.25) is 0 Å². The first kappa shape index (κ1) is 35.1. The zero-order valence-corrected chi connectivity index (χ0v) is 29.7. The van der Waals surface area contributed by atoms with Crippen molar-refractivity contribution in [2.75, 3.05) is 0 Å². The predicted molar refractivity (Wildman–Crippen MR) is 181 cm³/mol. The molecule has 4 saturated carbocycles. The first-order chi connectivity index (χ1) is 22.5. The van der Waals surface area contributed by atoms with Gasteiger partial charge in [0.05, 0.1) is 55.2 Å². The second-order valence-corrected chi connectivity index (χ2v) is 16.7. The van der Waals surface area contributed by atoms with Gasteiger partial charge in [0.2, 0.25) is 0 Å². The maximum Gasteiger partial charge on any atom is 2.00 e. The standard InChI is InChI=1S/C33H57N9O.C3H7.Cu/c34-25(43)22-14-7-15-23-24(22)33-41-31-21-13-6-5-12-20(21)29(39-31)37-27-17-9-2-1-8-16(17)26(35-27)36-28-18-10-3-4-11-19(18)30(38-28)40-32(23)42-33;1-3-2;/h16-24,26-33,35-42H,1-15H2,(H2,34,43);3H,1-2H3;/q;-1;+2/p-1. The van der Waals surface area contributed by atoms with Crippen LogP contribution in [0, 0.1) is 59.7 Å². The first-order valence-corrected chi connectivity index (χ1v) is 19.6. The van der Waals surface area contributed by atoms with E-state index in [4.69, 9.17) is 5.73 Å². The number of rotatable bonds is 1. The fraction of sp³-hybridized carbons (Fsp3) is 0.944. The summed E-state index contributed by atoms with van der Waals surface area (Å²) in [6.07, 6.45) is 22.9. The van der Waals surface area contributed by atoms with Crippen molar-refractivity contribution in [2.45, 2.75) is 159 Å². The van der Waals surface area contributed by atoms with Gasteiger partial charge in [-0.05, 0) is 92.8 Å². The molecule has 9 N–H and O–H groups in total. The molecule has 17 atom stereocenters. The quantitative estimate of drug-likeness (QED) is 0.152. The Labute approximate surface area is 294 Å². The molecule has 9 rings (SSSR count). The van der Waals surface area contributed by atoms with Gasteiger partial charge in [-0.3, -0.25) is 42.5 Å². The predicted octanol–water partition coefficient (Wildman–Crippen LogP) is 3.64. The molecule has 17 unspecified atom stereocenters. The van der Waals surface area contributed by atoms with Crippen molar-refractivity contribution in [3.8, 4) is 0 Å². The molecule has 5 aliphatic heterocycles. The van der Waals surface area contributed by atoms with Crippen LogP contribution in [0.1, 0.15) is 110 Å². The molecular weight excluding hydrogens is 638 g/mol. The van der Waals surface area contributed by atoms with Crippen LogP contribution in [-0.4, -0.2) is 55.2 Å². The third kappa shape index (κ3) is 6.62. The Morgan fingerprint density at radius 1 is 0.447 bits per heavy atom. The van der Waals surface area contributed by atoms with Crippen LogP contribution in [0.4, 0.5) is 0 Å². The van der Waals surface area contributed by atoms with Gasteiger partial charge < -0.3 is 16.9 Å². The van der Waals surface area contributed by atoms with E-state index in [1.54, 1.807) is 0 Å². The van der Waals surface area contributed by atoms with Crippen molar-refractivity contribution in [1.29, 1.82) is 0 Å². The summed E-state index contributed by atoms with van der Waals surface area (Å²) in [6, 6.07) is 0. The van der Waals surface area contributed by atoms with Crippen molar-refractivity contribution in [1.82, 2.24) is 42.5 Å². The number of carbonyl (C=O) groups excluding carboxylic acids is 1. The molecule has 5 saturated heterocycles. The number of amides is 1. The average Bonchev–Trinajstić information content (AvgIpc) is 3.81. The van der Waals surface area contributed by atoms with E-state index in [0.29, 0.717) is 66.1 Å². The van der Waals surface area contributed by atoms with E-state index in [2.05, 4.69) is 42.5 Å². The summed E-state index contributed by atoms with van der Waals surface area (Å²) in [4.78, 5) is 12.7. The molecule has 1 radical (unpaired) electrons. The van der Waals surface area contributed by atoms with Crippen LogP contribution in [0.25, 0.3) is 5.73 Å². The Kier molecular flexibility index (Phi) is 11.3. The van der Waals surface area contributed by atoms with E-state index in [1.165, 1.54) is 77.0 Å². The van der Waals surface area contributed by atoms with Crippen molar-refractivity contribution in [2.24, 2.45) is 53.3 Å². The van der Waals surface area contributed by atoms with Gasteiger partial charge in [-0.25, -0.2) is 0 Å². The minimum absolute atomic E-state index is 0. The summed E-state index contributed by atoms with van der Waals surface area (Å²) in [5.74, 6) is 3.88. The molecule has 0 aromatic rings. The first-order valence-electron chi connectivity index (χ1n) is 19.6. The van der Waals surface area contributed by atoms with Gasteiger partial charge in [0.15, 0.2) is 0 Å². The molecule has 9 fully saturated rings. The molecule has 10 nitrogen and oxygen atoms in total. The molecular formula is C36H63CuN9O. The molecule has 47 heavy (non-hydrogen) atoms. The Hall–Kier alpha value is -0.331. The van der Waals surface area contributed by atoms with Gasteiger partial charge >= 0.3 is 17.1 Å². The molecule has 1 amide bonds. The summed E-state index contributed by atoms with van der Waals surface area (Å²) < 4.78 is 0. The summed E-state index contributed by atoms with van der Waals surface area (Å²) in [5.41, 5.74) is 8.25. The smallest absolute Gasteiger partial charge is 0.668 e. The minimum atomic E-state index is -0.357. The Balaban J connectivity index is 0.000000848. The van der Waals surface area contributed by atoms with Crippen LogP contribution in [-0.2, 0) is 21.9 Å². The average molecular weight is 702 g/mol. The van der Waals surface area contributed by atoms with Crippen molar-refractivity contribution < 1.29 is 21.9 Å². The Morgan fingerprint density at radius 2 is 0.702 bits per heavy atom. The summed E-state index contributed by atoms with van der Waals surface area (Å²) in [6.45, 7) is 4.00. The molecule has 5 heterocycles. The van der Waals surface area contributed by atoms with Crippen LogP contribution < -0.4 is 42.5 Å². The fourth-order valence-electron chi connectivity index (χ4n) is 12.4. The third-order valence-corrected chi connectivity index (χ3v) is 14.2. The van der Waals surface area contributed by atoms with E-state index in [9.17, 15) is 4.79 Å². The van der Waals surface area contributed by atoms with Crippen molar-refractivity contribution in [3.05, 3.63) is 12.2 Å². The van der Waals surface area contributed by atoms with E-state index in [-0.39, 0.29) is 59.5 Å². The van der Waals surface area contributed by atoms with Crippen LogP contribution >= 0.6 is 0 Å². The van der Waals surface area contributed by atoms with Gasteiger partial charge in [-0.1, -0.05) is 44.9 Å². The number of hydrogen-bond donors (Lipinski definition) is 8. The topological polar surface area (TPSA) is 137 Å². The van der Waals surface area contributed by atoms with Gasteiger partial charge in [-0.15, -0.1) is 0 Å². The third-order valence-electron chi connectivity index (χ3n) is 14.2. The molecule has 0 aromatic heterocycles. The Bertz CT molecular complexity index is 1070. The summed E-state index contributed by atoms with van der Waals surface area (Å²) >= 11 is 0. The molecule has 269 valence electrons. The normalized spacial score (nSPS) is 51.7. The van der Waals surface area contributed by atoms with Crippen LogP contribution in [0.3, 0.4) is 0 Å². The second-order valence-electron chi connectivity index (χ2n) is 16.7. The molecule has 4 aliphatic carbocycles. The molecule has 11 heteroatoms. The maximum atomic E-state index is 12.7. The maximum absolute atomic E-state index is 12.7. The van der Waals surface area contributed by atoms with Crippen LogP contribution in [0.5, 0.6) is 0 Å². The van der Waals surface area contributed by atoms with Gasteiger partial charge in [0.25, 0.3) is 0 Å². The molecule has 0 spiro atoms. The molecule has 0 aromatic carbocycles. The number of fused-ring (bicyclic) bond motifs is 20. The van der Waals surface area contributed by atoms with E-state index >= 15 is 0 Å². The second kappa shape index (κ2) is 15.1. The summed E-state index contributed by atoms with van der Waals surface area (Å²) in [5, 5.41) is 33.1. The Morgan fingerprint density at radius 3 is 1.00 bits per heavy atom. The van der Waals surface area contributed by atoms with Gasteiger partial charge in [0.1, 0.15) is 0 Å². The largest absolute Gasteiger partial charge is 2.00 e. The van der Waals surface area contributed by atoms with E-state index in [0.717, 1.165) is 19.3 Å².